The standard InChI is InChI=1S/C20H23NO4/c1-4-18(14-8-10-17(25-3)11-9-14)19(22)21-16-7-5-6-15(12-16)13(2)20(23)24/h5-13,18H,4H2,1-3H3,(H,21,22)(H,23,24). The highest BCUT2D eigenvalue weighted by atomic mass is 16.5. The van der Waals surface area contributed by atoms with Gasteiger partial charge in [-0.25, -0.2) is 0 Å². The number of methoxy groups -OCH3 is 1. The molecule has 5 heteroatoms. The topological polar surface area (TPSA) is 75.6 Å². The summed E-state index contributed by atoms with van der Waals surface area (Å²) in [5.74, 6) is -1.18. The van der Waals surface area contributed by atoms with Gasteiger partial charge in [0.1, 0.15) is 5.75 Å². The Morgan fingerprint density at radius 1 is 1.12 bits per heavy atom. The zero-order chi connectivity index (χ0) is 18.4. The molecule has 2 aromatic rings. The highest BCUT2D eigenvalue weighted by Gasteiger charge is 2.20. The van der Waals surface area contributed by atoms with Gasteiger partial charge < -0.3 is 15.2 Å². The molecule has 25 heavy (non-hydrogen) atoms. The summed E-state index contributed by atoms with van der Waals surface area (Å²) < 4.78 is 5.15. The van der Waals surface area contributed by atoms with Gasteiger partial charge in [-0.2, -0.15) is 0 Å². The van der Waals surface area contributed by atoms with Crippen LogP contribution in [0.1, 0.15) is 43.2 Å². The third kappa shape index (κ3) is 4.59. The fourth-order valence-electron chi connectivity index (χ4n) is 2.67. The molecule has 132 valence electrons. The molecule has 0 fully saturated rings. The lowest BCUT2D eigenvalue weighted by molar-refractivity contribution is -0.138. The van der Waals surface area contributed by atoms with Gasteiger partial charge in [0.2, 0.25) is 5.91 Å². The number of carbonyl (C=O) groups excluding carboxylic acids is 1. The molecule has 0 aromatic heterocycles. The molecule has 2 unspecified atom stereocenters. The highest BCUT2D eigenvalue weighted by molar-refractivity contribution is 5.96. The van der Waals surface area contributed by atoms with Crippen molar-refractivity contribution in [2.45, 2.75) is 32.1 Å². The maximum absolute atomic E-state index is 12.7. The minimum Gasteiger partial charge on any atom is -0.497 e. The summed E-state index contributed by atoms with van der Waals surface area (Å²) in [4.78, 5) is 23.8. The Hall–Kier alpha value is -2.82. The Morgan fingerprint density at radius 3 is 2.36 bits per heavy atom. The normalized spacial score (nSPS) is 12.9. The van der Waals surface area contributed by atoms with Gasteiger partial charge in [-0.15, -0.1) is 0 Å². The van der Waals surface area contributed by atoms with Crippen molar-refractivity contribution in [3.05, 3.63) is 59.7 Å². The minimum atomic E-state index is -0.895. The Kier molecular flexibility index (Phi) is 6.17. The molecule has 2 aromatic carbocycles. The van der Waals surface area contributed by atoms with Crippen LogP contribution in [0.5, 0.6) is 5.75 Å². The predicted octanol–water partition coefficient (Wildman–Crippen LogP) is 4.02. The van der Waals surface area contributed by atoms with E-state index < -0.39 is 11.9 Å². The van der Waals surface area contributed by atoms with Gasteiger partial charge in [-0.05, 0) is 48.7 Å². The van der Waals surface area contributed by atoms with E-state index in [1.807, 2.05) is 31.2 Å². The van der Waals surface area contributed by atoms with Crippen molar-refractivity contribution in [3.63, 3.8) is 0 Å². The van der Waals surface area contributed by atoms with Crippen molar-refractivity contribution in [2.24, 2.45) is 0 Å². The van der Waals surface area contributed by atoms with E-state index in [0.717, 1.165) is 11.3 Å². The van der Waals surface area contributed by atoms with Crippen molar-refractivity contribution in [1.82, 2.24) is 0 Å². The van der Waals surface area contributed by atoms with Crippen LogP contribution in [-0.4, -0.2) is 24.1 Å². The Morgan fingerprint density at radius 2 is 1.80 bits per heavy atom. The van der Waals surface area contributed by atoms with Crippen LogP contribution >= 0.6 is 0 Å². The second kappa shape index (κ2) is 8.33. The summed E-state index contributed by atoms with van der Waals surface area (Å²) in [6.45, 7) is 3.58. The van der Waals surface area contributed by atoms with Crippen LogP contribution in [0.2, 0.25) is 0 Å². The number of aliphatic carboxylic acids is 1. The lowest BCUT2D eigenvalue weighted by Gasteiger charge is -2.17. The molecule has 0 radical (unpaired) electrons. The number of nitrogens with one attached hydrogen (secondary N) is 1. The van der Waals surface area contributed by atoms with Crippen LogP contribution < -0.4 is 10.1 Å². The number of anilines is 1. The number of carboxylic acids is 1. The Balaban J connectivity index is 2.16. The average Bonchev–Trinajstić information content (AvgIpc) is 2.62. The van der Waals surface area contributed by atoms with Gasteiger partial charge in [-0.3, -0.25) is 9.59 Å². The molecule has 2 N–H and O–H groups in total. The van der Waals surface area contributed by atoms with Crippen LogP contribution in [0, 0.1) is 0 Å². The molecular formula is C20H23NO4. The SMILES string of the molecule is CCC(C(=O)Nc1cccc(C(C)C(=O)O)c1)c1ccc(OC)cc1. The molecule has 1 amide bonds. The average molecular weight is 341 g/mol. The number of ether oxygens (including phenoxy) is 1. The summed E-state index contributed by atoms with van der Waals surface area (Å²) in [6, 6.07) is 14.4. The number of carbonyl (C=O) groups is 2. The van der Waals surface area contributed by atoms with Crippen LogP contribution in [0.3, 0.4) is 0 Å². The predicted molar refractivity (Wildman–Crippen MR) is 97.1 cm³/mol. The van der Waals surface area contributed by atoms with E-state index in [2.05, 4.69) is 5.32 Å². The first-order valence-electron chi connectivity index (χ1n) is 8.23. The quantitative estimate of drug-likeness (QED) is 0.798. The number of hydrogen-bond acceptors (Lipinski definition) is 3. The Labute approximate surface area is 147 Å². The lowest BCUT2D eigenvalue weighted by Crippen LogP contribution is -2.21. The van der Waals surface area contributed by atoms with E-state index in [9.17, 15) is 9.59 Å². The molecule has 0 saturated heterocycles. The monoisotopic (exact) mass is 341 g/mol. The van der Waals surface area contributed by atoms with Crippen LogP contribution in [0.15, 0.2) is 48.5 Å². The first-order valence-corrected chi connectivity index (χ1v) is 8.23. The smallest absolute Gasteiger partial charge is 0.310 e. The van der Waals surface area contributed by atoms with Crippen molar-refractivity contribution < 1.29 is 19.4 Å². The maximum atomic E-state index is 12.7. The van der Waals surface area contributed by atoms with E-state index in [1.54, 1.807) is 38.3 Å². The zero-order valence-corrected chi connectivity index (χ0v) is 14.7. The largest absolute Gasteiger partial charge is 0.497 e. The number of benzene rings is 2. The molecule has 0 bridgehead atoms. The molecule has 5 nitrogen and oxygen atoms in total. The first-order chi connectivity index (χ1) is 12.0. The molecule has 2 atom stereocenters. The third-order valence-corrected chi connectivity index (χ3v) is 4.27. The number of carboxylic acid groups (broad SMARTS) is 1. The second-order valence-electron chi connectivity index (χ2n) is 5.91. The molecule has 0 aliphatic carbocycles. The van der Waals surface area contributed by atoms with Gasteiger partial charge in [0, 0.05) is 5.69 Å². The summed E-state index contributed by atoms with van der Waals surface area (Å²) in [5, 5.41) is 12.0. The van der Waals surface area contributed by atoms with Crippen LogP contribution in [-0.2, 0) is 9.59 Å². The number of amides is 1. The van der Waals surface area contributed by atoms with Crippen LogP contribution in [0.4, 0.5) is 5.69 Å². The van der Waals surface area contributed by atoms with Gasteiger partial charge in [0.15, 0.2) is 0 Å². The molecule has 0 aliphatic heterocycles. The summed E-state index contributed by atoms with van der Waals surface area (Å²) in [6.07, 6.45) is 0.656. The van der Waals surface area contributed by atoms with Crippen molar-refractivity contribution in [1.29, 1.82) is 0 Å². The summed E-state index contributed by atoms with van der Waals surface area (Å²) in [5.41, 5.74) is 2.17. The molecule has 0 saturated carbocycles. The van der Waals surface area contributed by atoms with Crippen LogP contribution in [0.25, 0.3) is 0 Å². The van der Waals surface area contributed by atoms with Gasteiger partial charge in [-0.1, -0.05) is 31.2 Å². The van der Waals surface area contributed by atoms with E-state index in [4.69, 9.17) is 9.84 Å². The van der Waals surface area contributed by atoms with Gasteiger partial charge >= 0.3 is 5.97 Å². The third-order valence-electron chi connectivity index (χ3n) is 4.27. The zero-order valence-electron chi connectivity index (χ0n) is 14.7. The fraction of sp³-hybridized carbons (Fsp3) is 0.300. The van der Waals surface area contributed by atoms with Crippen molar-refractivity contribution in [2.75, 3.05) is 12.4 Å². The van der Waals surface area contributed by atoms with Gasteiger partial charge in [0.05, 0.1) is 18.9 Å². The summed E-state index contributed by atoms with van der Waals surface area (Å²) >= 11 is 0. The number of rotatable bonds is 7. The van der Waals surface area contributed by atoms with E-state index in [0.29, 0.717) is 17.7 Å². The molecule has 0 aliphatic rings. The number of hydrogen-bond donors (Lipinski definition) is 2. The molecule has 2 rings (SSSR count). The fourth-order valence-corrected chi connectivity index (χ4v) is 2.67. The van der Waals surface area contributed by atoms with Gasteiger partial charge in [0.25, 0.3) is 0 Å². The molecule has 0 spiro atoms. The maximum Gasteiger partial charge on any atom is 0.310 e. The van der Waals surface area contributed by atoms with E-state index in [-0.39, 0.29) is 11.8 Å². The second-order valence-corrected chi connectivity index (χ2v) is 5.91. The lowest BCUT2D eigenvalue weighted by atomic mass is 9.95. The first kappa shape index (κ1) is 18.5. The van der Waals surface area contributed by atoms with Crippen molar-refractivity contribution in [3.8, 4) is 5.75 Å². The minimum absolute atomic E-state index is 0.118. The molecule has 0 heterocycles. The van der Waals surface area contributed by atoms with E-state index >= 15 is 0 Å². The highest BCUT2D eigenvalue weighted by Crippen LogP contribution is 2.25. The summed E-state index contributed by atoms with van der Waals surface area (Å²) in [7, 11) is 1.60. The Bertz CT molecular complexity index is 740. The molecular weight excluding hydrogens is 318 g/mol. The van der Waals surface area contributed by atoms with Crippen molar-refractivity contribution >= 4 is 17.6 Å². The van der Waals surface area contributed by atoms with E-state index in [1.165, 1.54) is 0 Å².